The number of methoxy groups -OCH3 is 1. The van der Waals surface area contributed by atoms with Crippen LogP contribution in [0.5, 0.6) is 0 Å². The van der Waals surface area contributed by atoms with Gasteiger partial charge in [-0.05, 0) is 25.1 Å². The predicted molar refractivity (Wildman–Crippen MR) is 81.4 cm³/mol. The molecule has 20 heavy (non-hydrogen) atoms. The minimum atomic E-state index is -0.358. The topological polar surface area (TPSA) is 55.4 Å². The lowest BCUT2D eigenvalue weighted by molar-refractivity contribution is -0.141. The number of rotatable bonds is 6. The Kier molecular flexibility index (Phi) is 7.19. The smallest absolute Gasteiger partial charge is 0.307 e. The van der Waals surface area contributed by atoms with Gasteiger partial charge in [-0.2, -0.15) is 0 Å². The zero-order valence-electron chi connectivity index (χ0n) is 11.1. The van der Waals surface area contributed by atoms with E-state index in [0.717, 1.165) is 4.90 Å². The summed E-state index contributed by atoms with van der Waals surface area (Å²) in [5, 5.41) is 3.83. The summed E-state index contributed by atoms with van der Waals surface area (Å²) in [6.07, 6.45) is 0.144. The first-order valence-electron chi connectivity index (χ1n) is 5.86. The Labute approximate surface area is 132 Å². The summed E-state index contributed by atoms with van der Waals surface area (Å²) in [5.74, 6) is -0.336. The highest BCUT2D eigenvalue weighted by Crippen LogP contribution is 2.29. The summed E-state index contributed by atoms with van der Waals surface area (Å²) >= 11 is 13.2. The Bertz CT molecular complexity index is 497. The Balaban J connectivity index is 2.43. The van der Waals surface area contributed by atoms with E-state index in [1.165, 1.54) is 18.9 Å². The van der Waals surface area contributed by atoms with Crippen LogP contribution in [0.4, 0.5) is 0 Å². The average Bonchev–Trinajstić information content (AvgIpc) is 2.39. The van der Waals surface area contributed by atoms with Crippen molar-refractivity contribution < 1.29 is 14.3 Å². The van der Waals surface area contributed by atoms with Crippen LogP contribution in [0.15, 0.2) is 23.1 Å². The molecule has 1 N–H and O–H groups in total. The molecule has 1 rings (SSSR count). The van der Waals surface area contributed by atoms with Gasteiger partial charge in [0.05, 0.1) is 24.3 Å². The lowest BCUT2D eigenvalue weighted by Gasteiger charge is -2.12. The summed E-state index contributed by atoms with van der Waals surface area (Å²) in [5.41, 5.74) is 0. The second-order valence-corrected chi connectivity index (χ2v) is 5.97. The van der Waals surface area contributed by atoms with E-state index >= 15 is 0 Å². The van der Waals surface area contributed by atoms with Crippen molar-refractivity contribution in [3.05, 3.63) is 28.2 Å². The molecule has 0 aliphatic rings. The second kappa shape index (κ2) is 8.39. The van der Waals surface area contributed by atoms with Gasteiger partial charge in [-0.1, -0.05) is 23.2 Å². The monoisotopic (exact) mass is 335 g/mol. The molecule has 0 saturated carbocycles. The molecule has 7 heteroatoms. The maximum Gasteiger partial charge on any atom is 0.307 e. The summed E-state index contributed by atoms with van der Waals surface area (Å²) in [7, 11) is 1.31. The van der Waals surface area contributed by atoms with Crippen LogP contribution in [0.1, 0.15) is 13.3 Å². The van der Waals surface area contributed by atoms with Crippen molar-refractivity contribution in [2.45, 2.75) is 24.3 Å². The fourth-order valence-corrected chi connectivity index (χ4v) is 2.74. The van der Waals surface area contributed by atoms with Gasteiger partial charge in [-0.3, -0.25) is 9.59 Å². The van der Waals surface area contributed by atoms with E-state index in [0.29, 0.717) is 10.0 Å². The summed E-state index contributed by atoms with van der Waals surface area (Å²) < 4.78 is 4.53. The first-order chi connectivity index (χ1) is 9.42. The maximum absolute atomic E-state index is 11.7. The third-order valence-corrected chi connectivity index (χ3v) is 4.09. The third kappa shape index (κ3) is 6.03. The molecule has 0 aliphatic carbocycles. The minimum Gasteiger partial charge on any atom is -0.469 e. The number of ether oxygens (including phenoxy) is 1. The Morgan fingerprint density at radius 3 is 2.75 bits per heavy atom. The Morgan fingerprint density at radius 1 is 1.40 bits per heavy atom. The summed E-state index contributed by atoms with van der Waals surface area (Å²) in [6, 6.07) is 4.81. The molecule has 0 aliphatic heterocycles. The Morgan fingerprint density at radius 2 is 2.10 bits per heavy atom. The van der Waals surface area contributed by atoms with Gasteiger partial charge in [-0.25, -0.2) is 0 Å². The molecule has 0 radical (unpaired) electrons. The summed E-state index contributed by atoms with van der Waals surface area (Å²) in [4.78, 5) is 23.5. The number of hydrogen-bond donors (Lipinski definition) is 1. The van der Waals surface area contributed by atoms with Crippen LogP contribution >= 0.6 is 35.0 Å². The molecule has 0 fully saturated rings. The van der Waals surface area contributed by atoms with Crippen molar-refractivity contribution in [3.63, 3.8) is 0 Å². The fourth-order valence-electron chi connectivity index (χ4n) is 1.43. The number of esters is 1. The van der Waals surface area contributed by atoms with Crippen molar-refractivity contribution in [2.24, 2.45) is 0 Å². The normalized spacial score (nSPS) is 11.8. The first-order valence-corrected chi connectivity index (χ1v) is 7.60. The lowest BCUT2D eigenvalue weighted by atomic mass is 10.2. The largest absolute Gasteiger partial charge is 0.469 e. The molecule has 0 heterocycles. The van der Waals surface area contributed by atoms with E-state index in [2.05, 4.69) is 10.1 Å². The van der Waals surface area contributed by atoms with E-state index in [9.17, 15) is 9.59 Å². The van der Waals surface area contributed by atoms with Gasteiger partial charge in [-0.15, -0.1) is 11.8 Å². The van der Waals surface area contributed by atoms with Gasteiger partial charge in [0.2, 0.25) is 5.91 Å². The molecular weight excluding hydrogens is 321 g/mol. The number of carbonyl (C=O) groups is 2. The molecule has 0 bridgehead atoms. The van der Waals surface area contributed by atoms with Crippen LogP contribution in [0.2, 0.25) is 10.0 Å². The predicted octanol–water partition coefficient (Wildman–Crippen LogP) is 3.15. The molecule has 4 nitrogen and oxygen atoms in total. The second-order valence-electron chi connectivity index (χ2n) is 4.11. The van der Waals surface area contributed by atoms with E-state index in [-0.39, 0.29) is 30.1 Å². The standard InChI is InChI=1S/C13H15Cl2NO3S/c1-8(5-13(18)19-2)16-12(17)7-20-11-6-9(14)3-4-10(11)15/h3-4,6,8H,5,7H2,1-2H3,(H,16,17). The van der Waals surface area contributed by atoms with Crippen LogP contribution < -0.4 is 5.32 Å². The molecule has 110 valence electrons. The molecule has 0 saturated heterocycles. The van der Waals surface area contributed by atoms with Gasteiger partial charge >= 0.3 is 5.97 Å². The lowest BCUT2D eigenvalue weighted by Crippen LogP contribution is -2.35. The molecule has 0 spiro atoms. The molecule has 1 aromatic rings. The average molecular weight is 336 g/mol. The SMILES string of the molecule is COC(=O)CC(C)NC(=O)CSc1cc(Cl)ccc1Cl. The van der Waals surface area contributed by atoms with Gasteiger partial charge in [0, 0.05) is 16.0 Å². The number of benzene rings is 1. The Hall–Kier alpha value is -0.910. The van der Waals surface area contributed by atoms with Crippen LogP contribution in [0.3, 0.4) is 0 Å². The van der Waals surface area contributed by atoms with E-state index in [1.54, 1.807) is 25.1 Å². The van der Waals surface area contributed by atoms with Crippen LogP contribution in [-0.2, 0) is 14.3 Å². The third-order valence-electron chi connectivity index (χ3n) is 2.36. The van der Waals surface area contributed by atoms with Crippen molar-refractivity contribution in [1.29, 1.82) is 0 Å². The number of halogens is 2. The molecule has 1 unspecified atom stereocenters. The van der Waals surface area contributed by atoms with Crippen molar-refractivity contribution >= 4 is 46.8 Å². The molecular formula is C13H15Cl2NO3S. The van der Waals surface area contributed by atoms with Crippen LogP contribution in [0, 0.1) is 0 Å². The van der Waals surface area contributed by atoms with Crippen molar-refractivity contribution in [1.82, 2.24) is 5.32 Å². The number of carbonyl (C=O) groups excluding carboxylic acids is 2. The van der Waals surface area contributed by atoms with E-state index in [4.69, 9.17) is 23.2 Å². The van der Waals surface area contributed by atoms with E-state index < -0.39 is 0 Å². The molecule has 1 amide bonds. The van der Waals surface area contributed by atoms with Crippen molar-refractivity contribution in [2.75, 3.05) is 12.9 Å². The quantitative estimate of drug-likeness (QED) is 0.640. The summed E-state index contributed by atoms with van der Waals surface area (Å²) in [6.45, 7) is 1.74. The highest BCUT2D eigenvalue weighted by Gasteiger charge is 2.13. The number of nitrogens with one attached hydrogen (secondary N) is 1. The number of thioether (sulfide) groups is 1. The molecule has 1 atom stereocenters. The molecule has 0 aromatic heterocycles. The van der Waals surface area contributed by atoms with Gasteiger partial charge < -0.3 is 10.1 Å². The number of amides is 1. The first kappa shape index (κ1) is 17.1. The van der Waals surface area contributed by atoms with E-state index in [1.807, 2.05) is 0 Å². The zero-order valence-corrected chi connectivity index (χ0v) is 13.4. The zero-order chi connectivity index (χ0) is 15.1. The number of hydrogen-bond acceptors (Lipinski definition) is 4. The highest BCUT2D eigenvalue weighted by atomic mass is 35.5. The van der Waals surface area contributed by atoms with Gasteiger partial charge in [0.25, 0.3) is 0 Å². The van der Waals surface area contributed by atoms with Gasteiger partial charge in [0.1, 0.15) is 0 Å². The fraction of sp³-hybridized carbons (Fsp3) is 0.385. The highest BCUT2D eigenvalue weighted by molar-refractivity contribution is 8.00. The van der Waals surface area contributed by atoms with Crippen LogP contribution in [0.25, 0.3) is 0 Å². The van der Waals surface area contributed by atoms with Gasteiger partial charge in [0.15, 0.2) is 0 Å². The van der Waals surface area contributed by atoms with Crippen molar-refractivity contribution in [3.8, 4) is 0 Å². The molecule has 1 aromatic carbocycles. The maximum atomic E-state index is 11.7. The minimum absolute atomic E-state index is 0.144. The van der Waals surface area contributed by atoms with Crippen LogP contribution in [-0.4, -0.2) is 30.8 Å².